The third-order valence-corrected chi connectivity index (χ3v) is 2.78. The Balaban J connectivity index is 2.11. The minimum Gasteiger partial charge on any atom is -0.456 e. The molecule has 0 aliphatic rings. The molecule has 0 amide bonds. The lowest BCUT2D eigenvalue weighted by atomic mass is 10.2. The molecule has 0 aliphatic carbocycles. The average Bonchev–Trinajstić information content (AvgIpc) is 2.93. The number of aryl methyl sites for hydroxylation is 1. The first-order valence-corrected chi connectivity index (χ1v) is 5.55. The van der Waals surface area contributed by atoms with E-state index in [0.29, 0.717) is 6.54 Å². The summed E-state index contributed by atoms with van der Waals surface area (Å²) < 4.78 is 11.3. The van der Waals surface area contributed by atoms with Gasteiger partial charge in [0.2, 0.25) is 0 Å². The lowest BCUT2D eigenvalue weighted by Crippen LogP contribution is -1.92. The van der Waals surface area contributed by atoms with Crippen molar-refractivity contribution in [3.05, 3.63) is 47.7 Å². The minimum atomic E-state index is 0.402. The maximum atomic E-state index is 5.73. The summed E-state index contributed by atoms with van der Waals surface area (Å²) in [6.07, 6.45) is 0. The van der Waals surface area contributed by atoms with Crippen LogP contribution in [0, 0.1) is 6.92 Å². The molecule has 0 unspecified atom stereocenters. The molecule has 17 heavy (non-hydrogen) atoms. The standard InChI is InChI=1S/C14H13NO2/c1-9-2-4-12-10(6-9)7-14(17-12)13-5-3-11(8-15)16-13/h2-7H,8,15H2,1H3. The lowest BCUT2D eigenvalue weighted by molar-refractivity contribution is 0.503. The van der Waals surface area contributed by atoms with E-state index >= 15 is 0 Å². The van der Waals surface area contributed by atoms with Crippen LogP contribution in [0.2, 0.25) is 0 Å². The molecular weight excluding hydrogens is 214 g/mol. The van der Waals surface area contributed by atoms with Crippen LogP contribution in [0.15, 0.2) is 45.2 Å². The first-order chi connectivity index (χ1) is 8.26. The second-order valence-electron chi connectivity index (χ2n) is 4.12. The van der Waals surface area contributed by atoms with Gasteiger partial charge in [-0.3, -0.25) is 0 Å². The molecule has 0 atom stereocenters. The van der Waals surface area contributed by atoms with Crippen molar-refractivity contribution in [2.24, 2.45) is 5.73 Å². The van der Waals surface area contributed by atoms with Crippen LogP contribution in [0.25, 0.3) is 22.5 Å². The van der Waals surface area contributed by atoms with E-state index in [2.05, 4.69) is 13.0 Å². The van der Waals surface area contributed by atoms with Crippen molar-refractivity contribution in [1.29, 1.82) is 0 Å². The predicted molar refractivity (Wildman–Crippen MR) is 66.5 cm³/mol. The van der Waals surface area contributed by atoms with Gasteiger partial charge in [-0.05, 0) is 37.3 Å². The Labute approximate surface area is 98.8 Å². The highest BCUT2D eigenvalue weighted by Crippen LogP contribution is 2.29. The van der Waals surface area contributed by atoms with Gasteiger partial charge in [0.1, 0.15) is 11.3 Å². The molecule has 0 bridgehead atoms. The quantitative estimate of drug-likeness (QED) is 0.729. The highest BCUT2D eigenvalue weighted by molar-refractivity contribution is 5.82. The van der Waals surface area contributed by atoms with Crippen molar-refractivity contribution in [3.8, 4) is 11.5 Å². The number of fused-ring (bicyclic) bond motifs is 1. The number of benzene rings is 1. The van der Waals surface area contributed by atoms with E-state index in [-0.39, 0.29) is 0 Å². The van der Waals surface area contributed by atoms with E-state index in [0.717, 1.165) is 28.2 Å². The summed E-state index contributed by atoms with van der Waals surface area (Å²) in [6.45, 7) is 2.46. The highest BCUT2D eigenvalue weighted by atomic mass is 16.4. The SMILES string of the molecule is Cc1ccc2oc(-c3ccc(CN)o3)cc2c1. The Morgan fingerprint density at radius 1 is 1.00 bits per heavy atom. The topological polar surface area (TPSA) is 52.3 Å². The molecule has 0 radical (unpaired) electrons. The van der Waals surface area contributed by atoms with Gasteiger partial charge >= 0.3 is 0 Å². The van der Waals surface area contributed by atoms with E-state index in [4.69, 9.17) is 14.6 Å². The van der Waals surface area contributed by atoms with Gasteiger partial charge in [0.15, 0.2) is 11.5 Å². The highest BCUT2D eigenvalue weighted by Gasteiger charge is 2.09. The zero-order valence-corrected chi connectivity index (χ0v) is 9.57. The number of hydrogen-bond donors (Lipinski definition) is 1. The molecule has 0 aliphatic heterocycles. The summed E-state index contributed by atoms with van der Waals surface area (Å²) in [5.74, 6) is 2.22. The summed E-state index contributed by atoms with van der Waals surface area (Å²) in [5.41, 5.74) is 7.60. The van der Waals surface area contributed by atoms with E-state index < -0.39 is 0 Å². The Bertz CT molecular complexity index is 664. The lowest BCUT2D eigenvalue weighted by Gasteiger charge is -1.90. The molecule has 0 fully saturated rings. The minimum absolute atomic E-state index is 0.402. The summed E-state index contributed by atoms with van der Waals surface area (Å²) in [4.78, 5) is 0. The van der Waals surface area contributed by atoms with Gasteiger partial charge in [-0.2, -0.15) is 0 Å². The normalized spacial score (nSPS) is 11.2. The van der Waals surface area contributed by atoms with Crippen LogP contribution in [-0.4, -0.2) is 0 Å². The Morgan fingerprint density at radius 3 is 2.65 bits per heavy atom. The van der Waals surface area contributed by atoms with Crippen LogP contribution >= 0.6 is 0 Å². The number of nitrogens with two attached hydrogens (primary N) is 1. The average molecular weight is 227 g/mol. The van der Waals surface area contributed by atoms with E-state index in [1.54, 1.807) is 0 Å². The molecule has 1 aromatic carbocycles. The first-order valence-electron chi connectivity index (χ1n) is 5.55. The molecule has 2 heterocycles. The second kappa shape index (κ2) is 3.79. The van der Waals surface area contributed by atoms with Crippen LogP contribution in [0.5, 0.6) is 0 Å². The third kappa shape index (κ3) is 1.74. The Morgan fingerprint density at radius 2 is 1.88 bits per heavy atom. The van der Waals surface area contributed by atoms with Gasteiger partial charge in [-0.15, -0.1) is 0 Å². The molecule has 0 saturated carbocycles. The summed E-state index contributed by atoms with van der Waals surface area (Å²) in [7, 11) is 0. The van der Waals surface area contributed by atoms with Crippen LogP contribution in [-0.2, 0) is 6.54 Å². The van der Waals surface area contributed by atoms with Crippen molar-refractivity contribution >= 4 is 11.0 Å². The van der Waals surface area contributed by atoms with Gasteiger partial charge < -0.3 is 14.6 Å². The van der Waals surface area contributed by atoms with Gasteiger partial charge in [0, 0.05) is 5.39 Å². The van der Waals surface area contributed by atoms with Crippen LogP contribution in [0.3, 0.4) is 0 Å². The largest absolute Gasteiger partial charge is 0.456 e. The van der Waals surface area contributed by atoms with Crippen LogP contribution in [0.4, 0.5) is 0 Å². The molecule has 86 valence electrons. The summed E-state index contributed by atoms with van der Waals surface area (Å²) in [5, 5.41) is 1.09. The molecule has 3 aromatic rings. The monoisotopic (exact) mass is 227 g/mol. The maximum absolute atomic E-state index is 5.73. The van der Waals surface area contributed by atoms with Crippen molar-refractivity contribution in [1.82, 2.24) is 0 Å². The van der Waals surface area contributed by atoms with Gasteiger partial charge in [0.25, 0.3) is 0 Å². The van der Waals surface area contributed by atoms with Gasteiger partial charge in [-0.25, -0.2) is 0 Å². The summed E-state index contributed by atoms with van der Waals surface area (Å²) >= 11 is 0. The maximum Gasteiger partial charge on any atom is 0.170 e. The molecule has 0 saturated heterocycles. The molecule has 2 aromatic heterocycles. The zero-order chi connectivity index (χ0) is 11.8. The fourth-order valence-electron chi connectivity index (χ4n) is 1.90. The van der Waals surface area contributed by atoms with Crippen molar-refractivity contribution in [2.75, 3.05) is 0 Å². The smallest absolute Gasteiger partial charge is 0.170 e. The second-order valence-corrected chi connectivity index (χ2v) is 4.12. The Hall–Kier alpha value is -2.00. The molecule has 0 spiro atoms. The van der Waals surface area contributed by atoms with Gasteiger partial charge in [-0.1, -0.05) is 11.6 Å². The molecule has 3 nitrogen and oxygen atoms in total. The number of rotatable bonds is 2. The predicted octanol–water partition coefficient (Wildman–Crippen LogP) is 3.46. The molecular formula is C14H13NO2. The van der Waals surface area contributed by atoms with E-state index in [1.807, 2.05) is 30.3 Å². The number of hydrogen-bond acceptors (Lipinski definition) is 3. The van der Waals surface area contributed by atoms with Crippen molar-refractivity contribution in [2.45, 2.75) is 13.5 Å². The van der Waals surface area contributed by atoms with Gasteiger partial charge in [0.05, 0.1) is 6.54 Å². The first kappa shape index (κ1) is 10.2. The van der Waals surface area contributed by atoms with E-state index in [9.17, 15) is 0 Å². The number of furan rings is 2. The Kier molecular flexibility index (Phi) is 2.27. The fraction of sp³-hybridized carbons (Fsp3) is 0.143. The molecule has 2 N–H and O–H groups in total. The zero-order valence-electron chi connectivity index (χ0n) is 9.57. The van der Waals surface area contributed by atoms with Crippen LogP contribution < -0.4 is 5.73 Å². The third-order valence-electron chi connectivity index (χ3n) is 2.78. The van der Waals surface area contributed by atoms with E-state index in [1.165, 1.54) is 5.56 Å². The molecule has 3 heteroatoms. The summed E-state index contributed by atoms with van der Waals surface area (Å²) in [6, 6.07) is 11.8. The molecule has 3 rings (SSSR count). The fourth-order valence-corrected chi connectivity index (χ4v) is 1.90. The van der Waals surface area contributed by atoms with Crippen molar-refractivity contribution in [3.63, 3.8) is 0 Å². The van der Waals surface area contributed by atoms with Crippen molar-refractivity contribution < 1.29 is 8.83 Å². The van der Waals surface area contributed by atoms with Crippen LogP contribution in [0.1, 0.15) is 11.3 Å².